The molecule has 24 heavy (non-hydrogen) atoms. The first-order chi connectivity index (χ1) is 11.6. The number of ketones is 1. The zero-order valence-corrected chi connectivity index (χ0v) is 14.0. The summed E-state index contributed by atoms with van der Waals surface area (Å²) in [5, 5.41) is 0. The highest BCUT2D eigenvalue weighted by Gasteiger charge is 2.37. The van der Waals surface area contributed by atoms with Crippen LogP contribution in [0.25, 0.3) is 0 Å². The molecule has 1 aromatic carbocycles. The lowest BCUT2D eigenvalue weighted by Crippen LogP contribution is -2.40. The average Bonchev–Trinajstić information content (AvgIpc) is 2.88. The van der Waals surface area contributed by atoms with Crippen molar-refractivity contribution < 1.29 is 19.1 Å². The van der Waals surface area contributed by atoms with Crippen molar-refractivity contribution in [3.8, 4) is 0 Å². The van der Waals surface area contributed by atoms with Crippen molar-refractivity contribution in [2.75, 3.05) is 18.1 Å². The van der Waals surface area contributed by atoms with Crippen molar-refractivity contribution in [3.05, 3.63) is 29.3 Å². The number of amides is 1. The standard InChI is InChI=1S/C19H23NO4/c1-13(21)24-9-4-2-3-8-17(22)16-10-14-6-5-7-15-11-18(23)20(12-16)19(14)15/h5-7,16H,2-4,8-12H2,1H3. The molecular formula is C19H23NO4. The molecule has 5 heteroatoms. The van der Waals surface area contributed by atoms with Gasteiger partial charge in [-0.25, -0.2) is 0 Å². The zero-order chi connectivity index (χ0) is 17.1. The number of anilines is 1. The summed E-state index contributed by atoms with van der Waals surface area (Å²) < 4.78 is 4.88. The Morgan fingerprint density at radius 3 is 2.79 bits per heavy atom. The van der Waals surface area contributed by atoms with Gasteiger partial charge in [0, 0.05) is 25.8 Å². The van der Waals surface area contributed by atoms with Crippen molar-refractivity contribution in [3.63, 3.8) is 0 Å². The minimum atomic E-state index is -0.262. The molecule has 2 aliphatic rings. The van der Waals surface area contributed by atoms with Crippen molar-refractivity contribution in [1.82, 2.24) is 0 Å². The quantitative estimate of drug-likeness (QED) is 0.569. The van der Waals surface area contributed by atoms with Crippen molar-refractivity contribution in [2.45, 2.75) is 45.4 Å². The van der Waals surface area contributed by atoms with Crippen LogP contribution in [0.3, 0.4) is 0 Å². The molecule has 0 saturated heterocycles. The summed E-state index contributed by atoms with van der Waals surface area (Å²) in [6.07, 6.45) is 4.18. The van der Waals surface area contributed by atoms with E-state index >= 15 is 0 Å². The molecule has 2 heterocycles. The van der Waals surface area contributed by atoms with Gasteiger partial charge in [-0.1, -0.05) is 18.2 Å². The van der Waals surface area contributed by atoms with Crippen molar-refractivity contribution in [1.29, 1.82) is 0 Å². The fourth-order valence-corrected chi connectivity index (χ4v) is 3.64. The van der Waals surface area contributed by atoms with Crippen molar-refractivity contribution >= 4 is 23.3 Å². The SMILES string of the molecule is CC(=O)OCCCCCC(=O)C1Cc2cccc3c2N(C1)C(=O)C3. The number of carbonyl (C=O) groups is 3. The van der Waals surface area contributed by atoms with Gasteiger partial charge in [0.05, 0.1) is 18.7 Å². The number of rotatable bonds is 7. The molecular weight excluding hydrogens is 306 g/mol. The van der Waals surface area contributed by atoms with Gasteiger partial charge < -0.3 is 9.64 Å². The third-order valence-corrected chi connectivity index (χ3v) is 4.81. The van der Waals surface area contributed by atoms with Gasteiger partial charge in [-0.15, -0.1) is 0 Å². The second kappa shape index (κ2) is 7.16. The van der Waals surface area contributed by atoms with Crippen LogP contribution in [0.4, 0.5) is 5.69 Å². The van der Waals surface area contributed by atoms with Crippen LogP contribution < -0.4 is 4.90 Å². The van der Waals surface area contributed by atoms with E-state index in [1.165, 1.54) is 6.92 Å². The number of ether oxygens (including phenoxy) is 1. The summed E-state index contributed by atoms with van der Waals surface area (Å²) in [4.78, 5) is 37.2. The van der Waals surface area contributed by atoms with Gasteiger partial charge in [0.25, 0.3) is 0 Å². The van der Waals surface area contributed by atoms with E-state index in [0.29, 0.717) is 26.0 Å². The second-order valence-corrected chi connectivity index (χ2v) is 6.62. The number of esters is 1. The summed E-state index contributed by atoms with van der Waals surface area (Å²) in [7, 11) is 0. The Labute approximate surface area is 142 Å². The number of para-hydroxylation sites is 1. The molecule has 0 spiro atoms. The van der Waals surface area contributed by atoms with Gasteiger partial charge in [0.1, 0.15) is 5.78 Å². The van der Waals surface area contributed by atoms with E-state index in [1.54, 1.807) is 4.90 Å². The van der Waals surface area contributed by atoms with Crippen LogP contribution in [0, 0.1) is 5.92 Å². The highest BCUT2D eigenvalue weighted by Crippen LogP contribution is 2.38. The molecule has 1 atom stereocenters. The average molecular weight is 329 g/mol. The monoisotopic (exact) mass is 329 g/mol. The Morgan fingerprint density at radius 2 is 2.00 bits per heavy atom. The molecule has 1 aromatic rings. The number of carbonyl (C=O) groups excluding carboxylic acids is 3. The molecule has 0 saturated carbocycles. The Hall–Kier alpha value is -2.17. The highest BCUT2D eigenvalue weighted by atomic mass is 16.5. The van der Waals surface area contributed by atoms with Crippen LogP contribution in [0.1, 0.15) is 43.7 Å². The summed E-state index contributed by atoms with van der Waals surface area (Å²) in [6.45, 7) is 2.34. The van der Waals surface area contributed by atoms with Crippen LogP contribution >= 0.6 is 0 Å². The van der Waals surface area contributed by atoms with Crippen LogP contribution in [-0.2, 0) is 32.0 Å². The second-order valence-electron chi connectivity index (χ2n) is 6.62. The Bertz CT molecular complexity index is 667. The number of unbranched alkanes of at least 4 members (excludes halogenated alkanes) is 2. The number of Topliss-reactive ketones (excluding diaryl/α,β-unsaturated/α-hetero) is 1. The predicted octanol–water partition coefficient (Wildman–Crippen LogP) is 2.44. The lowest BCUT2D eigenvalue weighted by molar-refractivity contribution is -0.141. The van der Waals surface area contributed by atoms with Crippen LogP contribution in [0.5, 0.6) is 0 Å². The molecule has 1 amide bonds. The van der Waals surface area contributed by atoms with Gasteiger partial charge in [-0.2, -0.15) is 0 Å². The number of benzene rings is 1. The number of nitrogens with zero attached hydrogens (tertiary/aromatic N) is 1. The molecule has 0 fully saturated rings. The molecule has 5 nitrogen and oxygen atoms in total. The van der Waals surface area contributed by atoms with E-state index in [1.807, 2.05) is 18.2 Å². The fourth-order valence-electron chi connectivity index (χ4n) is 3.64. The van der Waals surface area contributed by atoms with E-state index < -0.39 is 0 Å². The summed E-state index contributed by atoms with van der Waals surface area (Å²) in [5.41, 5.74) is 3.26. The summed E-state index contributed by atoms with van der Waals surface area (Å²) >= 11 is 0. The lowest BCUT2D eigenvalue weighted by atomic mass is 9.87. The first-order valence-corrected chi connectivity index (χ1v) is 8.63. The lowest BCUT2D eigenvalue weighted by Gasteiger charge is -2.31. The number of hydrogen-bond donors (Lipinski definition) is 0. The largest absolute Gasteiger partial charge is 0.466 e. The van der Waals surface area contributed by atoms with E-state index in [2.05, 4.69) is 0 Å². The van der Waals surface area contributed by atoms with Crippen LogP contribution in [0.15, 0.2) is 18.2 Å². The van der Waals surface area contributed by atoms with E-state index in [0.717, 1.165) is 42.5 Å². The van der Waals surface area contributed by atoms with Gasteiger partial charge in [-0.05, 0) is 36.8 Å². The molecule has 3 rings (SSSR count). The Kier molecular flexibility index (Phi) is 4.97. The molecule has 2 aliphatic heterocycles. The Morgan fingerprint density at radius 1 is 1.21 bits per heavy atom. The van der Waals surface area contributed by atoms with Gasteiger partial charge in [0.15, 0.2) is 0 Å². The number of hydrogen-bond acceptors (Lipinski definition) is 4. The third kappa shape index (κ3) is 3.50. The summed E-state index contributed by atoms with van der Waals surface area (Å²) in [5.74, 6) is -0.0144. The molecule has 1 unspecified atom stereocenters. The highest BCUT2D eigenvalue weighted by molar-refractivity contribution is 6.03. The predicted molar refractivity (Wildman–Crippen MR) is 89.8 cm³/mol. The minimum absolute atomic E-state index is 0.0942. The molecule has 0 N–H and O–H groups in total. The van der Waals surface area contributed by atoms with Gasteiger partial charge in [-0.3, -0.25) is 14.4 Å². The maximum atomic E-state index is 12.5. The van der Waals surface area contributed by atoms with Crippen molar-refractivity contribution in [2.24, 2.45) is 5.92 Å². The van der Waals surface area contributed by atoms with Gasteiger partial charge in [0.2, 0.25) is 5.91 Å². The summed E-state index contributed by atoms with van der Waals surface area (Å²) in [6, 6.07) is 6.01. The van der Waals surface area contributed by atoms with Gasteiger partial charge >= 0.3 is 5.97 Å². The maximum absolute atomic E-state index is 12.5. The van der Waals surface area contributed by atoms with Crippen LogP contribution in [0.2, 0.25) is 0 Å². The van der Waals surface area contributed by atoms with E-state index in [-0.39, 0.29) is 23.6 Å². The molecule has 0 aromatic heterocycles. The Balaban J connectivity index is 1.51. The smallest absolute Gasteiger partial charge is 0.302 e. The van der Waals surface area contributed by atoms with E-state index in [4.69, 9.17) is 4.74 Å². The normalized spacial score (nSPS) is 18.5. The van der Waals surface area contributed by atoms with E-state index in [9.17, 15) is 14.4 Å². The molecule has 0 aliphatic carbocycles. The third-order valence-electron chi connectivity index (χ3n) is 4.81. The minimum Gasteiger partial charge on any atom is -0.466 e. The zero-order valence-electron chi connectivity index (χ0n) is 14.0. The topological polar surface area (TPSA) is 63.7 Å². The molecule has 128 valence electrons. The maximum Gasteiger partial charge on any atom is 0.302 e. The fraction of sp³-hybridized carbons (Fsp3) is 0.526. The first-order valence-electron chi connectivity index (χ1n) is 8.63. The molecule has 0 bridgehead atoms. The van der Waals surface area contributed by atoms with Crippen LogP contribution in [-0.4, -0.2) is 30.8 Å². The molecule has 0 radical (unpaired) electrons. The first kappa shape index (κ1) is 16.7.